The molecule has 1 aromatic rings. The number of piperazine rings is 1. The van der Waals surface area contributed by atoms with E-state index in [0.717, 1.165) is 19.6 Å². The van der Waals surface area contributed by atoms with Gasteiger partial charge in [-0.15, -0.1) is 13.2 Å². The van der Waals surface area contributed by atoms with E-state index >= 15 is 0 Å². The molecule has 0 saturated carbocycles. The molecule has 1 fully saturated rings. The van der Waals surface area contributed by atoms with Gasteiger partial charge in [-0.1, -0.05) is 12.1 Å². The van der Waals surface area contributed by atoms with E-state index in [1.165, 1.54) is 24.3 Å². The van der Waals surface area contributed by atoms with Crippen LogP contribution in [0.2, 0.25) is 0 Å². The van der Waals surface area contributed by atoms with Gasteiger partial charge in [0.25, 0.3) is 0 Å². The molecule has 0 aromatic heterocycles. The molecule has 1 aromatic carbocycles. The van der Waals surface area contributed by atoms with Gasteiger partial charge in [0.15, 0.2) is 0 Å². The lowest BCUT2D eigenvalue weighted by molar-refractivity contribution is -0.274. The van der Waals surface area contributed by atoms with Gasteiger partial charge in [-0.25, -0.2) is 0 Å². The number of nitrogens with one attached hydrogen (secondary N) is 2. The van der Waals surface area contributed by atoms with Crippen LogP contribution in [0.1, 0.15) is 12.5 Å². The van der Waals surface area contributed by atoms with Gasteiger partial charge in [-0.2, -0.15) is 0 Å². The lowest BCUT2D eigenvalue weighted by Crippen LogP contribution is -2.52. The summed E-state index contributed by atoms with van der Waals surface area (Å²) in [5.41, 5.74) is 0.709. The first-order valence-corrected chi connectivity index (χ1v) is 7.39. The zero-order chi connectivity index (χ0) is 16.9. The highest BCUT2D eigenvalue weighted by atomic mass is 19.4. The molecule has 5 nitrogen and oxygen atoms in total. The van der Waals surface area contributed by atoms with E-state index in [1.54, 1.807) is 0 Å². The lowest BCUT2D eigenvalue weighted by atomic mass is 10.2. The van der Waals surface area contributed by atoms with Crippen molar-refractivity contribution in [2.24, 2.45) is 0 Å². The molecule has 2 rings (SSSR count). The Labute approximate surface area is 132 Å². The maximum atomic E-state index is 12.1. The van der Waals surface area contributed by atoms with Gasteiger partial charge < -0.3 is 15.4 Å². The number of amides is 1. The highest BCUT2D eigenvalue weighted by molar-refractivity contribution is 5.78. The molecule has 23 heavy (non-hydrogen) atoms. The van der Waals surface area contributed by atoms with Gasteiger partial charge in [-0.05, 0) is 24.6 Å². The minimum atomic E-state index is -4.70. The van der Waals surface area contributed by atoms with Crippen molar-refractivity contribution in [2.75, 3.05) is 26.2 Å². The number of benzene rings is 1. The van der Waals surface area contributed by atoms with Crippen LogP contribution in [0.25, 0.3) is 0 Å². The number of rotatable bonds is 5. The van der Waals surface area contributed by atoms with E-state index in [1.807, 2.05) is 0 Å². The number of halogens is 3. The van der Waals surface area contributed by atoms with E-state index in [4.69, 9.17) is 0 Å². The second-order valence-corrected chi connectivity index (χ2v) is 5.49. The third kappa shape index (κ3) is 6.07. The standard InChI is InChI=1S/C15H20F3N3O2/c1-11-8-19-6-7-21(11)10-14(22)20-9-12-2-4-13(5-3-12)23-15(16,17)18/h2-5,11,19H,6-10H2,1H3,(H,20,22)/t11-/m0/s1. The Hall–Kier alpha value is -1.80. The van der Waals surface area contributed by atoms with Crippen molar-refractivity contribution in [3.8, 4) is 5.75 Å². The second-order valence-electron chi connectivity index (χ2n) is 5.49. The molecular weight excluding hydrogens is 311 g/mol. The molecular formula is C15H20F3N3O2. The van der Waals surface area contributed by atoms with E-state index < -0.39 is 6.36 Å². The van der Waals surface area contributed by atoms with Crippen LogP contribution < -0.4 is 15.4 Å². The Morgan fingerprint density at radius 2 is 2.09 bits per heavy atom. The molecule has 1 aliphatic rings. The van der Waals surface area contributed by atoms with Crippen molar-refractivity contribution >= 4 is 5.91 Å². The Morgan fingerprint density at radius 3 is 2.70 bits per heavy atom. The average molecular weight is 331 g/mol. The number of carbonyl (C=O) groups excluding carboxylic acids is 1. The molecule has 0 aliphatic carbocycles. The number of nitrogens with zero attached hydrogens (tertiary/aromatic N) is 1. The van der Waals surface area contributed by atoms with Gasteiger partial charge in [0, 0.05) is 32.2 Å². The summed E-state index contributed by atoms with van der Waals surface area (Å²) in [4.78, 5) is 14.0. The monoisotopic (exact) mass is 331 g/mol. The molecule has 0 unspecified atom stereocenters. The Morgan fingerprint density at radius 1 is 1.39 bits per heavy atom. The first-order chi connectivity index (χ1) is 10.8. The summed E-state index contributed by atoms with van der Waals surface area (Å²) >= 11 is 0. The molecule has 1 aliphatic heterocycles. The van der Waals surface area contributed by atoms with Gasteiger partial charge in [-0.3, -0.25) is 9.69 Å². The first kappa shape index (κ1) is 17.6. The Bertz CT molecular complexity index is 520. The van der Waals surface area contributed by atoms with Crippen molar-refractivity contribution in [2.45, 2.75) is 25.9 Å². The van der Waals surface area contributed by atoms with Gasteiger partial charge >= 0.3 is 6.36 Å². The van der Waals surface area contributed by atoms with E-state index in [9.17, 15) is 18.0 Å². The van der Waals surface area contributed by atoms with Gasteiger partial charge in [0.1, 0.15) is 5.75 Å². The maximum Gasteiger partial charge on any atom is 0.573 e. The molecule has 128 valence electrons. The van der Waals surface area contributed by atoms with Crippen molar-refractivity contribution in [3.05, 3.63) is 29.8 Å². The first-order valence-electron chi connectivity index (χ1n) is 7.39. The van der Waals surface area contributed by atoms with E-state index in [2.05, 4.69) is 27.2 Å². The summed E-state index contributed by atoms with van der Waals surface area (Å²) in [6, 6.07) is 5.75. The predicted octanol–water partition coefficient (Wildman–Crippen LogP) is 1.50. The Kier molecular flexibility index (Phi) is 5.84. The van der Waals surface area contributed by atoms with Crippen LogP contribution in [0.4, 0.5) is 13.2 Å². The number of hydrogen-bond donors (Lipinski definition) is 2. The number of alkyl halides is 3. The van der Waals surface area contributed by atoms with E-state index in [0.29, 0.717) is 18.2 Å². The minimum absolute atomic E-state index is 0.102. The summed E-state index contributed by atoms with van der Waals surface area (Å²) in [6.07, 6.45) is -4.70. The molecule has 0 radical (unpaired) electrons. The molecule has 1 saturated heterocycles. The van der Waals surface area contributed by atoms with Crippen molar-refractivity contribution in [1.82, 2.24) is 15.5 Å². The summed E-state index contributed by atoms with van der Waals surface area (Å²) < 4.78 is 40.0. The predicted molar refractivity (Wildman–Crippen MR) is 78.9 cm³/mol. The normalized spacial score (nSPS) is 19.4. The van der Waals surface area contributed by atoms with Gasteiger partial charge in [0.2, 0.25) is 5.91 Å². The van der Waals surface area contributed by atoms with Crippen LogP contribution in [0, 0.1) is 0 Å². The van der Waals surface area contributed by atoms with Crippen LogP contribution >= 0.6 is 0 Å². The highest BCUT2D eigenvalue weighted by Crippen LogP contribution is 2.22. The summed E-state index contributed by atoms with van der Waals surface area (Å²) in [7, 11) is 0. The van der Waals surface area contributed by atoms with Crippen LogP contribution in [0.15, 0.2) is 24.3 Å². The highest BCUT2D eigenvalue weighted by Gasteiger charge is 2.30. The molecule has 8 heteroatoms. The fraction of sp³-hybridized carbons (Fsp3) is 0.533. The minimum Gasteiger partial charge on any atom is -0.406 e. The van der Waals surface area contributed by atoms with Crippen LogP contribution in [-0.2, 0) is 11.3 Å². The van der Waals surface area contributed by atoms with Crippen LogP contribution in [-0.4, -0.2) is 49.4 Å². The second kappa shape index (κ2) is 7.65. The average Bonchev–Trinajstić information content (AvgIpc) is 2.47. The molecule has 1 heterocycles. The number of ether oxygens (including phenoxy) is 1. The number of hydrogen-bond acceptors (Lipinski definition) is 4. The van der Waals surface area contributed by atoms with Crippen molar-refractivity contribution < 1.29 is 22.7 Å². The number of carbonyl (C=O) groups is 1. The topological polar surface area (TPSA) is 53.6 Å². The van der Waals surface area contributed by atoms with Crippen molar-refractivity contribution in [1.29, 1.82) is 0 Å². The fourth-order valence-electron chi connectivity index (χ4n) is 2.37. The maximum absolute atomic E-state index is 12.1. The Balaban J connectivity index is 1.77. The summed E-state index contributed by atoms with van der Waals surface area (Å²) in [6.45, 7) is 5.17. The molecule has 1 atom stereocenters. The summed E-state index contributed by atoms with van der Waals surface area (Å²) in [5, 5.41) is 6.02. The van der Waals surface area contributed by atoms with Crippen LogP contribution in [0.3, 0.4) is 0 Å². The lowest BCUT2D eigenvalue weighted by Gasteiger charge is -2.33. The van der Waals surface area contributed by atoms with Crippen LogP contribution in [0.5, 0.6) is 5.75 Å². The van der Waals surface area contributed by atoms with Gasteiger partial charge in [0.05, 0.1) is 6.54 Å². The third-order valence-electron chi connectivity index (χ3n) is 3.63. The SMILES string of the molecule is C[C@H]1CNCCN1CC(=O)NCc1ccc(OC(F)(F)F)cc1. The molecule has 1 amide bonds. The molecule has 0 bridgehead atoms. The zero-order valence-electron chi connectivity index (χ0n) is 12.8. The summed E-state index contributed by atoms with van der Waals surface area (Å²) in [5.74, 6) is -0.378. The quantitative estimate of drug-likeness (QED) is 0.858. The zero-order valence-corrected chi connectivity index (χ0v) is 12.8. The third-order valence-corrected chi connectivity index (χ3v) is 3.63. The fourth-order valence-corrected chi connectivity index (χ4v) is 2.37. The smallest absolute Gasteiger partial charge is 0.406 e. The van der Waals surface area contributed by atoms with E-state index in [-0.39, 0.29) is 18.2 Å². The largest absolute Gasteiger partial charge is 0.573 e. The molecule has 2 N–H and O–H groups in total. The molecule has 0 spiro atoms. The van der Waals surface area contributed by atoms with Crippen molar-refractivity contribution in [3.63, 3.8) is 0 Å².